The zero-order valence-electron chi connectivity index (χ0n) is 8.76. The van der Waals surface area contributed by atoms with Crippen LogP contribution in [-0.2, 0) is 4.79 Å². The average Bonchev–Trinajstić information content (AvgIpc) is 2.83. The van der Waals surface area contributed by atoms with Gasteiger partial charge in [-0.25, -0.2) is 9.37 Å². The lowest BCUT2D eigenvalue weighted by molar-refractivity contribution is -0.111. The molecule has 2 rings (SSSR count). The summed E-state index contributed by atoms with van der Waals surface area (Å²) in [5, 5.41) is 2.49. The van der Waals surface area contributed by atoms with Crippen LogP contribution in [-0.4, -0.2) is 10.9 Å². The molecule has 0 atom stereocenters. The normalized spacial score (nSPS) is 10.6. The predicted octanol–water partition coefficient (Wildman–Crippen LogP) is 2.47. The molecule has 0 saturated heterocycles. The molecule has 0 fully saturated rings. The van der Waals surface area contributed by atoms with E-state index in [-0.39, 0.29) is 5.91 Å². The molecule has 17 heavy (non-hydrogen) atoms. The van der Waals surface area contributed by atoms with Crippen LogP contribution in [0, 0.1) is 5.82 Å². The molecule has 0 unspecified atom stereocenters. The van der Waals surface area contributed by atoms with Crippen molar-refractivity contribution in [2.24, 2.45) is 0 Å². The molecule has 0 saturated carbocycles. The smallest absolute Gasteiger partial charge is 0.249 e. The highest BCUT2D eigenvalue weighted by Gasteiger charge is 1.99. The van der Waals surface area contributed by atoms with Crippen molar-refractivity contribution in [1.29, 1.82) is 0 Å². The minimum Gasteiger partial charge on any atom is -0.465 e. The molecule has 0 aliphatic heterocycles. The summed E-state index contributed by atoms with van der Waals surface area (Å²) in [5.41, 5.74) is 0. The topological polar surface area (TPSA) is 55.1 Å². The van der Waals surface area contributed by atoms with Crippen molar-refractivity contribution in [3.8, 4) is 0 Å². The van der Waals surface area contributed by atoms with Gasteiger partial charge in [-0.15, -0.1) is 0 Å². The standard InChI is InChI=1S/C12H9FN2O2/c13-9-3-5-11(14-8-9)15-12(16)6-4-10-2-1-7-17-10/h1-8H,(H,14,15,16)/b6-4+. The van der Waals surface area contributed by atoms with Crippen molar-refractivity contribution in [3.05, 3.63) is 54.4 Å². The first-order valence-electron chi connectivity index (χ1n) is 4.88. The number of rotatable bonds is 3. The Morgan fingerprint density at radius 2 is 2.29 bits per heavy atom. The summed E-state index contributed by atoms with van der Waals surface area (Å²) in [6, 6.07) is 6.05. The molecule has 2 aromatic rings. The number of amides is 1. The molecule has 0 radical (unpaired) electrons. The summed E-state index contributed by atoms with van der Waals surface area (Å²) in [6.45, 7) is 0. The van der Waals surface area contributed by atoms with Crippen LogP contribution in [0.2, 0.25) is 0 Å². The minimum absolute atomic E-state index is 0.292. The quantitative estimate of drug-likeness (QED) is 0.827. The number of carbonyl (C=O) groups is 1. The van der Waals surface area contributed by atoms with Crippen molar-refractivity contribution < 1.29 is 13.6 Å². The van der Waals surface area contributed by atoms with Gasteiger partial charge >= 0.3 is 0 Å². The fraction of sp³-hybridized carbons (Fsp3) is 0. The fourth-order valence-corrected chi connectivity index (χ4v) is 1.16. The van der Waals surface area contributed by atoms with Crippen LogP contribution in [0.15, 0.2) is 47.2 Å². The third kappa shape index (κ3) is 3.27. The van der Waals surface area contributed by atoms with E-state index in [1.54, 1.807) is 12.1 Å². The highest BCUT2D eigenvalue weighted by Crippen LogP contribution is 2.05. The maximum Gasteiger partial charge on any atom is 0.249 e. The third-order valence-corrected chi connectivity index (χ3v) is 1.92. The van der Waals surface area contributed by atoms with Crippen molar-refractivity contribution in [2.75, 3.05) is 5.32 Å². The van der Waals surface area contributed by atoms with Gasteiger partial charge in [0.2, 0.25) is 5.91 Å². The van der Waals surface area contributed by atoms with Gasteiger partial charge in [0, 0.05) is 6.08 Å². The Hall–Kier alpha value is -2.43. The van der Waals surface area contributed by atoms with Crippen molar-refractivity contribution in [2.45, 2.75) is 0 Å². The number of hydrogen-bond donors (Lipinski definition) is 1. The van der Waals surface area contributed by atoms with E-state index >= 15 is 0 Å². The highest BCUT2D eigenvalue weighted by molar-refractivity contribution is 6.01. The zero-order chi connectivity index (χ0) is 12.1. The number of hydrogen-bond acceptors (Lipinski definition) is 3. The number of pyridine rings is 1. The molecule has 86 valence electrons. The van der Waals surface area contributed by atoms with Gasteiger partial charge in [0.1, 0.15) is 17.4 Å². The lowest BCUT2D eigenvalue weighted by Crippen LogP contribution is -2.08. The van der Waals surface area contributed by atoms with E-state index < -0.39 is 5.82 Å². The summed E-state index contributed by atoms with van der Waals surface area (Å²) in [7, 11) is 0. The van der Waals surface area contributed by atoms with Gasteiger partial charge in [0.05, 0.1) is 12.5 Å². The number of halogens is 1. The Balaban J connectivity index is 1.95. The number of nitrogens with zero attached hydrogens (tertiary/aromatic N) is 1. The van der Waals surface area contributed by atoms with Gasteiger partial charge in [0.25, 0.3) is 0 Å². The summed E-state index contributed by atoms with van der Waals surface area (Å²) in [4.78, 5) is 15.1. The molecule has 4 nitrogen and oxygen atoms in total. The minimum atomic E-state index is -0.450. The van der Waals surface area contributed by atoms with E-state index in [0.29, 0.717) is 11.6 Å². The Bertz CT molecular complexity index is 518. The van der Waals surface area contributed by atoms with E-state index in [0.717, 1.165) is 6.20 Å². The number of nitrogens with one attached hydrogen (secondary N) is 1. The SMILES string of the molecule is O=C(/C=C/c1ccco1)Nc1ccc(F)cn1. The number of furan rings is 1. The second-order valence-electron chi connectivity index (χ2n) is 3.20. The second-order valence-corrected chi connectivity index (χ2v) is 3.20. The molecule has 0 aromatic carbocycles. The fourth-order valence-electron chi connectivity index (χ4n) is 1.16. The largest absolute Gasteiger partial charge is 0.465 e. The lowest BCUT2D eigenvalue weighted by Gasteiger charge is -1.99. The van der Waals surface area contributed by atoms with Crippen LogP contribution in [0.5, 0.6) is 0 Å². The first-order chi connectivity index (χ1) is 8.24. The van der Waals surface area contributed by atoms with Crippen molar-refractivity contribution >= 4 is 17.8 Å². The van der Waals surface area contributed by atoms with Gasteiger partial charge in [0.15, 0.2) is 0 Å². The summed E-state index contributed by atoms with van der Waals surface area (Å²) >= 11 is 0. The Kier molecular flexibility index (Phi) is 3.30. The van der Waals surface area contributed by atoms with Crippen LogP contribution in [0.3, 0.4) is 0 Å². The number of anilines is 1. The maximum absolute atomic E-state index is 12.6. The Labute approximate surface area is 96.8 Å². The molecular weight excluding hydrogens is 223 g/mol. The van der Waals surface area contributed by atoms with E-state index in [1.165, 1.54) is 30.5 Å². The molecule has 5 heteroatoms. The van der Waals surface area contributed by atoms with Crippen LogP contribution in [0.25, 0.3) is 6.08 Å². The van der Waals surface area contributed by atoms with Crippen LogP contribution < -0.4 is 5.32 Å². The molecule has 0 bridgehead atoms. The molecule has 1 N–H and O–H groups in total. The van der Waals surface area contributed by atoms with Gasteiger partial charge in [-0.3, -0.25) is 4.79 Å². The number of aromatic nitrogens is 1. The molecular formula is C12H9FN2O2. The van der Waals surface area contributed by atoms with Crippen molar-refractivity contribution in [3.63, 3.8) is 0 Å². The first-order valence-corrected chi connectivity index (χ1v) is 4.88. The maximum atomic E-state index is 12.6. The Morgan fingerprint density at radius 1 is 1.41 bits per heavy atom. The summed E-state index contributed by atoms with van der Waals surface area (Å²) in [6.07, 6.45) is 5.38. The summed E-state index contributed by atoms with van der Waals surface area (Å²) < 4.78 is 17.6. The van der Waals surface area contributed by atoms with E-state index in [4.69, 9.17) is 4.42 Å². The van der Waals surface area contributed by atoms with Crippen LogP contribution in [0.4, 0.5) is 10.2 Å². The Morgan fingerprint density at radius 3 is 2.94 bits per heavy atom. The lowest BCUT2D eigenvalue weighted by atomic mass is 10.4. The van der Waals surface area contributed by atoms with Gasteiger partial charge in [-0.2, -0.15) is 0 Å². The van der Waals surface area contributed by atoms with Gasteiger partial charge in [-0.1, -0.05) is 0 Å². The van der Waals surface area contributed by atoms with Gasteiger partial charge < -0.3 is 9.73 Å². The van der Waals surface area contributed by atoms with Crippen LogP contribution >= 0.6 is 0 Å². The zero-order valence-corrected chi connectivity index (χ0v) is 8.76. The molecule has 0 aliphatic carbocycles. The van der Waals surface area contributed by atoms with E-state index in [1.807, 2.05) is 0 Å². The highest BCUT2D eigenvalue weighted by atomic mass is 19.1. The third-order valence-electron chi connectivity index (χ3n) is 1.92. The average molecular weight is 232 g/mol. The number of carbonyl (C=O) groups excluding carboxylic acids is 1. The first kappa shape index (κ1) is 11.1. The van der Waals surface area contributed by atoms with Crippen LogP contribution in [0.1, 0.15) is 5.76 Å². The monoisotopic (exact) mass is 232 g/mol. The van der Waals surface area contributed by atoms with E-state index in [9.17, 15) is 9.18 Å². The molecule has 2 aromatic heterocycles. The molecule has 1 amide bonds. The molecule has 0 spiro atoms. The van der Waals surface area contributed by atoms with Crippen molar-refractivity contribution in [1.82, 2.24) is 4.98 Å². The predicted molar refractivity (Wildman–Crippen MR) is 60.6 cm³/mol. The molecule has 0 aliphatic rings. The van der Waals surface area contributed by atoms with E-state index in [2.05, 4.69) is 10.3 Å². The van der Waals surface area contributed by atoms with Gasteiger partial charge in [-0.05, 0) is 30.3 Å². The second kappa shape index (κ2) is 5.07. The molecule has 2 heterocycles. The summed E-state index contributed by atoms with van der Waals surface area (Å²) in [5.74, 6) is 0.0577.